The van der Waals surface area contributed by atoms with Gasteiger partial charge in [-0.1, -0.05) is 13.2 Å². The highest BCUT2D eigenvalue weighted by atomic mass is 19.1. The summed E-state index contributed by atoms with van der Waals surface area (Å²) in [5.74, 6) is 0. The Balaban J connectivity index is -0.0000000910. The molecule has 4 N–H and O–H groups in total. The molecule has 0 heterocycles. The highest BCUT2D eigenvalue weighted by molar-refractivity contribution is 5.54. The fourth-order valence-electron chi connectivity index (χ4n) is 0.0680. The number of carbonyl (C=O) groups is 1. The third-order valence-electron chi connectivity index (χ3n) is 0.192. The fraction of sp³-hybridized carbons (Fsp3) is 0. The van der Waals surface area contributed by atoms with E-state index in [0.717, 1.165) is 0 Å². The summed E-state index contributed by atoms with van der Waals surface area (Å²) in [6, 6.07) is 0. The molecule has 0 bridgehead atoms. The minimum atomic E-state index is -2.33. The van der Waals surface area contributed by atoms with E-state index >= 15 is 0 Å². The molecule has 4 nitrogen and oxygen atoms in total. The first-order valence-electron chi connectivity index (χ1n) is 1.90. The van der Waals surface area contributed by atoms with Crippen LogP contribution in [0.1, 0.15) is 0 Å². The summed E-state index contributed by atoms with van der Waals surface area (Å²) in [4.78, 5) is 8.33. The summed E-state index contributed by atoms with van der Waals surface area (Å²) < 4.78 is 14.3. The lowest BCUT2D eigenvalue weighted by Crippen LogP contribution is -1.69. The van der Waals surface area contributed by atoms with E-state index in [1.165, 1.54) is 12.5 Å². The second-order valence-electron chi connectivity index (χ2n) is 0.722. The van der Waals surface area contributed by atoms with Crippen LogP contribution in [0.2, 0.25) is 0 Å². The molecular weight excluding hydrogens is 141 g/mol. The number of carboxylic acid groups (broad SMARTS) is 1. The predicted octanol–water partition coefficient (Wildman–Crippen LogP) is 2.09. The van der Waals surface area contributed by atoms with Crippen molar-refractivity contribution in [2.75, 3.05) is 0 Å². The molecule has 0 aliphatic rings. The van der Waals surface area contributed by atoms with Gasteiger partial charge < -0.3 is 16.0 Å². The largest absolute Gasteiger partial charge is 0.492 e. The summed E-state index contributed by atoms with van der Waals surface area (Å²) >= 11 is 0. The van der Waals surface area contributed by atoms with Crippen LogP contribution < -0.4 is 6.15 Å². The van der Waals surface area contributed by atoms with Crippen LogP contribution in [0.25, 0.3) is 0 Å². The standard InChI is InChI=1S/C4H6O.CHFO2.H3N/c1-3-5-4-2;2-1(3)4;/h3-4H,1-2H2;(H,3,4);1H3. The van der Waals surface area contributed by atoms with Crippen LogP contribution in [0.15, 0.2) is 25.7 Å². The van der Waals surface area contributed by atoms with Crippen molar-refractivity contribution in [3.63, 3.8) is 0 Å². The van der Waals surface area contributed by atoms with Crippen LogP contribution in [-0.2, 0) is 4.74 Å². The van der Waals surface area contributed by atoms with Crippen LogP contribution >= 0.6 is 0 Å². The van der Waals surface area contributed by atoms with Crippen LogP contribution in [0.5, 0.6) is 0 Å². The van der Waals surface area contributed by atoms with E-state index in [2.05, 4.69) is 17.9 Å². The van der Waals surface area contributed by atoms with Crippen molar-refractivity contribution in [1.82, 2.24) is 6.15 Å². The molecule has 0 aliphatic carbocycles. The third kappa shape index (κ3) is 516. The van der Waals surface area contributed by atoms with Gasteiger partial charge in [-0.15, -0.1) is 4.39 Å². The first-order valence-corrected chi connectivity index (χ1v) is 1.90. The molecule has 5 heteroatoms. The van der Waals surface area contributed by atoms with Crippen molar-refractivity contribution in [1.29, 1.82) is 0 Å². The van der Waals surface area contributed by atoms with Crippen LogP contribution in [-0.4, -0.2) is 11.3 Å². The van der Waals surface area contributed by atoms with Gasteiger partial charge in [-0.2, -0.15) is 0 Å². The monoisotopic (exact) mass is 151 g/mol. The third-order valence-corrected chi connectivity index (χ3v) is 0.192. The molecule has 0 rings (SSSR count). The number of ether oxygens (including phenoxy) is 1. The molecule has 0 saturated heterocycles. The van der Waals surface area contributed by atoms with Gasteiger partial charge in [0.25, 0.3) is 0 Å². The number of halogens is 1. The summed E-state index contributed by atoms with van der Waals surface area (Å²) in [6.07, 6.45) is 0.292. The Bertz CT molecular complexity index is 95.1. The van der Waals surface area contributed by atoms with E-state index in [9.17, 15) is 4.39 Å². The Morgan fingerprint density at radius 3 is 1.70 bits per heavy atom. The number of rotatable bonds is 2. The highest BCUT2D eigenvalue weighted by Gasteiger charge is 1.74. The molecule has 0 amide bonds. The van der Waals surface area contributed by atoms with E-state index in [-0.39, 0.29) is 6.15 Å². The quantitative estimate of drug-likeness (QED) is 0.467. The molecule has 0 atom stereocenters. The summed E-state index contributed by atoms with van der Waals surface area (Å²) in [7, 11) is 0. The van der Waals surface area contributed by atoms with E-state index < -0.39 is 6.22 Å². The first kappa shape index (κ1) is 15.9. The molecule has 0 aromatic carbocycles. The van der Waals surface area contributed by atoms with Gasteiger partial charge in [0, 0.05) is 0 Å². The van der Waals surface area contributed by atoms with E-state index in [0.29, 0.717) is 0 Å². The van der Waals surface area contributed by atoms with Gasteiger partial charge in [-0.25, -0.2) is 4.79 Å². The molecule has 0 unspecified atom stereocenters. The van der Waals surface area contributed by atoms with Crippen molar-refractivity contribution < 1.29 is 19.0 Å². The second kappa shape index (κ2) is 15.6. The Kier molecular flexibility index (Phi) is 24.8. The van der Waals surface area contributed by atoms with Crippen LogP contribution in [0.3, 0.4) is 0 Å². The summed E-state index contributed by atoms with van der Waals surface area (Å²) in [5, 5.41) is 6.75. The van der Waals surface area contributed by atoms with Crippen LogP contribution in [0, 0.1) is 0 Å². The first-order chi connectivity index (χ1) is 4.15. The lowest BCUT2D eigenvalue weighted by atomic mass is 11.1. The Labute approximate surface area is 58.2 Å². The van der Waals surface area contributed by atoms with Crippen molar-refractivity contribution >= 4 is 6.22 Å². The molecule has 0 radical (unpaired) electrons. The maximum atomic E-state index is 9.92. The fourth-order valence-corrected chi connectivity index (χ4v) is 0.0680. The zero-order valence-electron chi connectivity index (χ0n) is 5.42. The maximum absolute atomic E-state index is 9.92. The van der Waals surface area contributed by atoms with E-state index in [4.69, 9.17) is 9.90 Å². The van der Waals surface area contributed by atoms with Gasteiger partial charge in [0.15, 0.2) is 0 Å². The van der Waals surface area contributed by atoms with E-state index in [1.807, 2.05) is 0 Å². The zero-order chi connectivity index (χ0) is 7.70. The van der Waals surface area contributed by atoms with Gasteiger partial charge in [-0.05, 0) is 0 Å². The van der Waals surface area contributed by atoms with Crippen LogP contribution in [0.4, 0.5) is 9.18 Å². The molecule has 0 aromatic rings. The zero-order valence-corrected chi connectivity index (χ0v) is 5.42. The molecule has 60 valence electrons. The average Bonchev–Trinajstić information content (AvgIpc) is 1.66. The smallest absolute Gasteiger partial charge is 0.474 e. The topological polar surface area (TPSA) is 81.5 Å². The molecule has 0 spiro atoms. The molecular formula is C5H10FNO3. The summed E-state index contributed by atoms with van der Waals surface area (Å²) in [6.45, 7) is 6.51. The van der Waals surface area contributed by atoms with Gasteiger partial charge in [0.1, 0.15) is 0 Å². The van der Waals surface area contributed by atoms with Gasteiger partial charge in [-0.3, -0.25) is 0 Å². The SMILES string of the molecule is C=COC=C.N.O=C(O)F. The lowest BCUT2D eigenvalue weighted by Gasteiger charge is -1.76. The summed E-state index contributed by atoms with van der Waals surface area (Å²) in [5.41, 5.74) is 0. The predicted molar refractivity (Wildman–Crippen MR) is 35.6 cm³/mol. The normalized spacial score (nSPS) is 5.30. The van der Waals surface area contributed by atoms with E-state index in [1.54, 1.807) is 0 Å². The lowest BCUT2D eigenvalue weighted by molar-refractivity contribution is 0.169. The van der Waals surface area contributed by atoms with Gasteiger partial charge >= 0.3 is 6.22 Å². The van der Waals surface area contributed by atoms with Crippen molar-refractivity contribution in [3.05, 3.63) is 25.7 Å². The average molecular weight is 151 g/mol. The van der Waals surface area contributed by atoms with Crippen molar-refractivity contribution in [3.8, 4) is 0 Å². The molecule has 0 fully saturated rings. The van der Waals surface area contributed by atoms with Gasteiger partial charge in [0.2, 0.25) is 0 Å². The second-order valence-corrected chi connectivity index (χ2v) is 0.722. The highest BCUT2D eigenvalue weighted by Crippen LogP contribution is 1.65. The molecule has 10 heavy (non-hydrogen) atoms. The Hall–Kier alpha value is -1.36. The van der Waals surface area contributed by atoms with Gasteiger partial charge in [0.05, 0.1) is 12.5 Å². The molecule has 0 aliphatic heterocycles. The minimum Gasteiger partial charge on any atom is -0.474 e. The minimum absolute atomic E-state index is 0. The molecule has 0 aromatic heterocycles. The number of hydrogen-bond acceptors (Lipinski definition) is 3. The van der Waals surface area contributed by atoms with Crippen molar-refractivity contribution in [2.45, 2.75) is 0 Å². The maximum Gasteiger partial charge on any atom is 0.492 e. The Morgan fingerprint density at radius 1 is 1.50 bits per heavy atom. The van der Waals surface area contributed by atoms with Crippen molar-refractivity contribution in [2.24, 2.45) is 0 Å². The Morgan fingerprint density at radius 2 is 1.70 bits per heavy atom. The number of hydrogen-bond donors (Lipinski definition) is 2. The molecule has 0 saturated carbocycles.